The monoisotopic (exact) mass is 303 g/mol. The zero-order valence-electron chi connectivity index (χ0n) is 10.0. The van der Waals surface area contributed by atoms with E-state index in [0.717, 1.165) is 11.8 Å². The van der Waals surface area contributed by atoms with Crippen LogP contribution >= 0.6 is 24.4 Å². The fraction of sp³-hybridized carbons (Fsp3) is 0.333. The number of thioether (sulfide) groups is 1. The summed E-state index contributed by atoms with van der Waals surface area (Å²) in [7, 11) is 0. The first-order chi connectivity index (χ1) is 9.04. The number of hydrogen-bond acceptors (Lipinski definition) is 4. The number of carbonyl (C=O) groups is 2. The van der Waals surface area contributed by atoms with E-state index in [1.807, 2.05) is 0 Å². The van der Waals surface area contributed by atoms with Gasteiger partial charge in [-0.2, -0.15) is 12.6 Å². The molecule has 1 aromatic rings. The molecule has 104 valence electrons. The molecular formula is C12H14FNO3S2. The van der Waals surface area contributed by atoms with Crippen molar-refractivity contribution in [2.75, 3.05) is 11.5 Å². The Bertz CT molecular complexity index is 456. The zero-order valence-corrected chi connectivity index (χ0v) is 11.7. The first kappa shape index (κ1) is 15.8. The number of benzene rings is 1. The van der Waals surface area contributed by atoms with Gasteiger partial charge in [-0.1, -0.05) is 12.1 Å². The highest BCUT2D eigenvalue weighted by atomic mass is 32.2. The number of carboxylic acid groups (broad SMARTS) is 1. The van der Waals surface area contributed by atoms with Crippen LogP contribution in [0.5, 0.6) is 0 Å². The molecule has 0 fully saturated rings. The van der Waals surface area contributed by atoms with E-state index >= 15 is 0 Å². The number of aliphatic carboxylic acids is 1. The van der Waals surface area contributed by atoms with E-state index in [9.17, 15) is 14.0 Å². The predicted molar refractivity (Wildman–Crippen MR) is 75.2 cm³/mol. The van der Waals surface area contributed by atoms with Crippen LogP contribution in [-0.2, 0) is 9.59 Å². The minimum absolute atomic E-state index is 0.0305. The average molecular weight is 303 g/mol. The quantitative estimate of drug-likeness (QED) is 0.531. The molecule has 0 aromatic heterocycles. The summed E-state index contributed by atoms with van der Waals surface area (Å²) in [4.78, 5) is 22.8. The van der Waals surface area contributed by atoms with Crippen molar-refractivity contribution in [2.24, 2.45) is 0 Å². The fourth-order valence-electron chi connectivity index (χ4n) is 1.33. The van der Waals surface area contributed by atoms with E-state index in [-0.39, 0.29) is 12.2 Å². The highest BCUT2D eigenvalue weighted by Crippen LogP contribution is 2.20. The third kappa shape index (κ3) is 5.52. The molecule has 0 aliphatic heterocycles. The Hall–Kier alpha value is -1.21. The van der Waals surface area contributed by atoms with Gasteiger partial charge < -0.3 is 10.4 Å². The molecule has 0 radical (unpaired) electrons. The van der Waals surface area contributed by atoms with Gasteiger partial charge in [-0.15, -0.1) is 11.8 Å². The smallest absolute Gasteiger partial charge is 0.326 e. The van der Waals surface area contributed by atoms with Gasteiger partial charge in [-0.3, -0.25) is 4.79 Å². The lowest BCUT2D eigenvalue weighted by atomic mass is 10.2. The lowest BCUT2D eigenvalue weighted by Gasteiger charge is -2.13. The molecule has 4 nitrogen and oxygen atoms in total. The van der Waals surface area contributed by atoms with E-state index < -0.39 is 23.7 Å². The summed E-state index contributed by atoms with van der Waals surface area (Å²) in [5.74, 6) is -1.61. The van der Waals surface area contributed by atoms with Crippen LogP contribution in [0.15, 0.2) is 29.2 Å². The van der Waals surface area contributed by atoms with E-state index in [4.69, 9.17) is 5.11 Å². The Balaban J connectivity index is 2.47. The number of nitrogens with one attached hydrogen (secondary N) is 1. The summed E-state index contributed by atoms with van der Waals surface area (Å²) in [5, 5.41) is 11.2. The second-order valence-corrected chi connectivity index (χ2v) is 5.15. The first-order valence-corrected chi connectivity index (χ1v) is 7.16. The molecule has 0 saturated heterocycles. The standard InChI is InChI=1S/C12H14FNO3S2/c13-8-3-1-2-4-10(8)19-7-11(15)14-9(5-6-18)12(16)17/h1-4,9,18H,5-7H2,(H,14,15)(H,16,17). The molecule has 0 spiro atoms. The minimum Gasteiger partial charge on any atom is -0.480 e. The van der Waals surface area contributed by atoms with Crippen LogP contribution in [0.1, 0.15) is 6.42 Å². The van der Waals surface area contributed by atoms with Crippen molar-refractivity contribution in [2.45, 2.75) is 17.4 Å². The number of carboxylic acids is 1. The van der Waals surface area contributed by atoms with Crippen LogP contribution in [0.25, 0.3) is 0 Å². The van der Waals surface area contributed by atoms with Gasteiger partial charge in [0, 0.05) is 4.90 Å². The number of amides is 1. The van der Waals surface area contributed by atoms with Crippen molar-refractivity contribution >= 4 is 36.3 Å². The summed E-state index contributed by atoms with van der Waals surface area (Å²) in [6, 6.07) is 5.15. The molecule has 1 rings (SSSR count). The Morgan fingerprint density at radius 1 is 1.42 bits per heavy atom. The van der Waals surface area contributed by atoms with E-state index in [1.54, 1.807) is 18.2 Å². The number of thiol groups is 1. The number of hydrogen-bond donors (Lipinski definition) is 3. The van der Waals surface area contributed by atoms with Gasteiger partial charge in [0.25, 0.3) is 0 Å². The largest absolute Gasteiger partial charge is 0.480 e. The SMILES string of the molecule is O=C(CSc1ccccc1F)NC(CCS)C(=O)O. The van der Waals surface area contributed by atoms with E-state index in [0.29, 0.717) is 10.6 Å². The van der Waals surface area contributed by atoms with Crippen molar-refractivity contribution in [1.29, 1.82) is 0 Å². The van der Waals surface area contributed by atoms with Gasteiger partial charge in [0.2, 0.25) is 5.91 Å². The highest BCUT2D eigenvalue weighted by Gasteiger charge is 2.19. The molecule has 0 aliphatic rings. The number of rotatable bonds is 7. The molecule has 19 heavy (non-hydrogen) atoms. The summed E-state index contributed by atoms with van der Waals surface area (Å²) in [5.41, 5.74) is 0. The van der Waals surface area contributed by atoms with Crippen LogP contribution in [0.3, 0.4) is 0 Å². The van der Waals surface area contributed by atoms with E-state index in [1.165, 1.54) is 6.07 Å². The van der Waals surface area contributed by atoms with Crippen molar-refractivity contribution in [3.05, 3.63) is 30.1 Å². The van der Waals surface area contributed by atoms with Gasteiger partial charge >= 0.3 is 5.97 Å². The molecule has 1 atom stereocenters. The molecule has 1 amide bonds. The summed E-state index contributed by atoms with van der Waals surface area (Å²) in [6.45, 7) is 0. The number of carbonyl (C=O) groups excluding carboxylic acids is 1. The lowest BCUT2D eigenvalue weighted by molar-refractivity contribution is -0.141. The van der Waals surface area contributed by atoms with Crippen molar-refractivity contribution in [3.63, 3.8) is 0 Å². The third-order valence-electron chi connectivity index (χ3n) is 2.25. The molecule has 0 heterocycles. The van der Waals surface area contributed by atoms with Crippen LogP contribution in [-0.4, -0.2) is 34.5 Å². The summed E-state index contributed by atoms with van der Waals surface area (Å²) in [6.07, 6.45) is 0.245. The molecule has 2 N–H and O–H groups in total. The molecule has 0 aliphatic carbocycles. The normalized spacial score (nSPS) is 11.9. The van der Waals surface area contributed by atoms with Crippen molar-refractivity contribution < 1.29 is 19.1 Å². The molecule has 1 aromatic carbocycles. The minimum atomic E-state index is -1.10. The zero-order chi connectivity index (χ0) is 14.3. The third-order valence-corrected chi connectivity index (χ3v) is 3.55. The maximum atomic E-state index is 13.3. The van der Waals surface area contributed by atoms with Gasteiger partial charge in [0.1, 0.15) is 11.9 Å². The van der Waals surface area contributed by atoms with Crippen molar-refractivity contribution in [3.8, 4) is 0 Å². The fourth-order valence-corrected chi connectivity index (χ4v) is 2.34. The van der Waals surface area contributed by atoms with Crippen LogP contribution < -0.4 is 5.32 Å². The predicted octanol–water partition coefficient (Wildman–Crippen LogP) is 1.81. The summed E-state index contributed by atoms with van der Waals surface area (Å²) >= 11 is 4.96. The van der Waals surface area contributed by atoms with Crippen LogP contribution in [0, 0.1) is 5.82 Å². The van der Waals surface area contributed by atoms with Gasteiger partial charge in [-0.05, 0) is 24.3 Å². The Labute approximate surface area is 120 Å². The van der Waals surface area contributed by atoms with Crippen LogP contribution in [0.2, 0.25) is 0 Å². The molecular weight excluding hydrogens is 289 g/mol. The van der Waals surface area contributed by atoms with Crippen molar-refractivity contribution in [1.82, 2.24) is 5.32 Å². The van der Waals surface area contributed by atoms with Gasteiger partial charge in [-0.25, -0.2) is 9.18 Å². The maximum Gasteiger partial charge on any atom is 0.326 e. The molecule has 0 bridgehead atoms. The number of halogens is 1. The molecule has 1 unspecified atom stereocenters. The Morgan fingerprint density at radius 2 is 2.11 bits per heavy atom. The van der Waals surface area contributed by atoms with Gasteiger partial charge in [0.15, 0.2) is 0 Å². The second-order valence-electron chi connectivity index (χ2n) is 3.69. The van der Waals surface area contributed by atoms with Crippen LogP contribution in [0.4, 0.5) is 4.39 Å². The topological polar surface area (TPSA) is 66.4 Å². The Morgan fingerprint density at radius 3 is 2.68 bits per heavy atom. The highest BCUT2D eigenvalue weighted by molar-refractivity contribution is 8.00. The van der Waals surface area contributed by atoms with Gasteiger partial charge in [0.05, 0.1) is 5.75 Å². The summed E-state index contributed by atoms with van der Waals surface area (Å²) < 4.78 is 13.3. The van der Waals surface area contributed by atoms with E-state index in [2.05, 4.69) is 17.9 Å². The first-order valence-electron chi connectivity index (χ1n) is 5.55. The molecule has 7 heteroatoms. The molecule has 0 saturated carbocycles. The maximum absolute atomic E-state index is 13.3. The lowest BCUT2D eigenvalue weighted by Crippen LogP contribution is -2.41. The average Bonchev–Trinajstić information content (AvgIpc) is 2.37. The Kier molecular flexibility index (Phi) is 6.72. The second kappa shape index (κ2) is 8.06.